The molecule has 0 radical (unpaired) electrons. The molecule has 0 aromatic heterocycles. The molecule has 0 aliphatic rings. The van der Waals surface area contributed by atoms with Crippen LogP contribution in [0.2, 0.25) is 0 Å². The second kappa shape index (κ2) is 9.12. The molecule has 2 aromatic rings. The Morgan fingerprint density at radius 1 is 1.19 bits per heavy atom. The number of anilines is 1. The van der Waals surface area contributed by atoms with E-state index in [1.807, 2.05) is 32.3 Å². The van der Waals surface area contributed by atoms with Crippen LogP contribution in [0.5, 0.6) is 0 Å². The summed E-state index contributed by atoms with van der Waals surface area (Å²) >= 11 is 4.98. The van der Waals surface area contributed by atoms with Gasteiger partial charge in [-0.3, -0.25) is 5.41 Å². The zero-order valence-corrected chi connectivity index (χ0v) is 16.4. The summed E-state index contributed by atoms with van der Waals surface area (Å²) in [6.45, 7) is 0.833. The van der Waals surface area contributed by atoms with E-state index in [0.29, 0.717) is 22.5 Å². The van der Waals surface area contributed by atoms with Crippen molar-refractivity contribution in [3.05, 3.63) is 76.6 Å². The molecule has 0 bridgehead atoms. The summed E-state index contributed by atoms with van der Waals surface area (Å²) in [7, 11) is 4.04. The number of nitrogens with two attached hydrogens (primary N) is 3. The van der Waals surface area contributed by atoms with E-state index in [1.165, 1.54) is 17.1 Å². The van der Waals surface area contributed by atoms with Gasteiger partial charge >= 0.3 is 0 Å². The lowest BCUT2D eigenvalue weighted by atomic mass is 9.98. The molecule has 140 valence electrons. The SMILES string of the molecule is CN(C)Cc1cccc(/C=C(\N)C(=N)c2cc(/C(C=S)=C/N)ccc2N)c1. The fourth-order valence-electron chi connectivity index (χ4n) is 2.71. The lowest BCUT2D eigenvalue weighted by Gasteiger charge is -2.12. The zero-order valence-electron chi connectivity index (χ0n) is 15.6. The Bertz CT molecular complexity index is 913. The highest BCUT2D eigenvalue weighted by molar-refractivity contribution is 7.79. The molecule has 0 heterocycles. The van der Waals surface area contributed by atoms with Crippen LogP contribution in [0.25, 0.3) is 11.6 Å². The minimum Gasteiger partial charge on any atom is -0.404 e. The van der Waals surface area contributed by atoms with Crippen LogP contribution in [0.4, 0.5) is 5.69 Å². The van der Waals surface area contributed by atoms with Crippen molar-refractivity contribution in [2.75, 3.05) is 19.8 Å². The average molecular weight is 380 g/mol. The molecule has 27 heavy (non-hydrogen) atoms. The van der Waals surface area contributed by atoms with Crippen molar-refractivity contribution in [1.82, 2.24) is 4.90 Å². The van der Waals surface area contributed by atoms with Crippen LogP contribution in [-0.2, 0) is 6.54 Å². The Hall–Kier alpha value is -2.96. The highest BCUT2D eigenvalue weighted by Gasteiger charge is 2.11. The van der Waals surface area contributed by atoms with Gasteiger partial charge in [0.1, 0.15) is 0 Å². The molecule has 0 spiro atoms. The van der Waals surface area contributed by atoms with Crippen molar-refractivity contribution in [1.29, 1.82) is 5.41 Å². The number of allylic oxidation sites excluding steroid dienone is 2. The van der Waals surface area contributed by atoms with E-state index in [2.05, 4.69) is 17.0 Å². The Morgan fingerprint density at radius 2 is 1.93 bits per heavy atom. The van der Waals surface area contributed by atoms with Gasteiger partial charge in [-0.25, -0.2) is 0 Å². The topological polar surface area (TPSA) is 105 Å². The summed E-state index contributed by atoms with van der Waals surface area (Å²) in [5, 5.41) is 9.97. The molecule has 6 heteroatoms. The summed E-state index contributed by atoms with van der Waals surface area (Å²) in [6.07, 6.45) is 3.22. The van der Waals surface area contributed by atoms with Crippen molar-refractivity contribution in [2.24, 2.45) is 11.5 Å². The molecule has 7 N–H and O–H groups in total. The molecule has 0 unspecified atom stereocenters. The largest absolute Gasteiger partial charge is 0.404 e. The number of rotatable bonds is 7. The van der Waals surface area contributed by atoms with Crippen molar-refractivity contribution in [3.63, 3.8) is 0 Å². The smallest absolute Gasteiger partial charge is 0.0862 e. The van der Waals surface area contributed by atoms with Gasteiger partial charge in [0.2, 0.25) is 0 Å². The van der Waals surface area contributed by atoms with Gasteiger partial charge in [0.25, 0.3) is 0 Å². The minimum atomic E-state index is 0.160. The third-order valence-corrected chi connectivity index (χ3v) is 4.28. The van der Waals surface area contributed by atoms with Crippen molar-refractivity contribution < 1.29 is 0 Å². The minimum absolute atomic E-state index is 0.160. The lowest BCUT2D eigenvalue weighted by Crippen LogP contribution is -2.14. The normalized spacial score (nSPS) is 12.3. The predicted molar refractivity (Wildman–Crippen MR) is 119 cm³/mol. The maximum Gasteiger partial charge on any atom is 0.0862 e. The fraction of sp³-hybridized carbons (Fsp3) is 0.143. The standard InChI is InChI=1S/C21H25N5S/c1-26(2)12-15-5-3-4-14(8-15)9-20(24)21(25)18-10-16(6-7-19(18)23)17(11-22)13-27/h3-11,13,25H,12,22-24H2,1-2H3/b17-11+,20-9-,25-21?. The molecule has 5 nitrogen and oxygen atoms in total. The summed E-state index contributed by atoms with van der Waals surface area (Å²) < 4.78 is 0. The van der Waals surface area contributed by atoms with E-state index < -0.39 is 0 Å². The average Bonchev–Trinajstić information content (AvgIpc) is 2.63. The van der Waals surface area contributed by atoms with Crippen LogP contribution in [0.3, 0.4) is 0 Å². The summed E-state index contributed by atoms with van der Waals surface area (Å²) in [5.41, 5.74) is 23.0. The van der Waals surface area contributed by atoms with Crippen LogP contribution in [0.15, 0.2) is 54.4 Å². The Morgan fingerprint density at radius 3 is 2.56 bits per heavy atom. The summed E-state index contributed by atoms with van der Waals surface area (Å²) in [6, 6.07) is 13.4. The second-order valence-electron chi connectivity index (χ2n) is 6.50. The van der Waals surface area contributed by atoms with Gasteiger partial charge in [-0.1, -0.05) is 42.5 Å². The molecular weight excluding hydrogens is 354 g/mol. The van der Waals surface area contributed by atoms with E-state index in [0.717, 1.165) is 17.7 Å². The molecule has 0 atom stereocenters. The number of nitrogens with zero attached hydrogens (tertiary/aromatic N) is 1. The van der Waals surface area contributed by atoms with Crippen LogP contribution in [0, 0.1) is 5.41 Å². The maximum absolute atomic E-state index is 8.48. The first kappa shape index (κ1) is 20.4. The first-order chi connectivity index (χ1) is 12.8. The van der Waals surface area contributed by atoms with E-state index in [1.54, 1.807) is 18.2 Å². The van der Waals surface area contributed by atoms with Gasteiger partial charge in [0, 0.05) is 34.9 Å². The monoisotopic (exact) mass is 379 g/mol. The number of nitrogen functional groups attached to an aromatic ring is 1. The molecule has 0 aliphatic heterocycles. The highest BCUT2D eigenvalue weighted by atomic mass is 32.1. The highest BCUT2D eigenvalue weighted by Crippen LogP contribution is 2.22. The maximum atomic E-state index is 8.48. The molecular formula is C21H25N5S. The number of benzene rings is 2. The van der Waals surface area contributed by atoms with Crippen LogP contribution < -0.4 is 17.2 Å². The molecule has 2 aromatic carbocycles. The van der Waals surface area contributed by atoms with Crippen molar-refractivity contribution in [3.8, 4) is 0 Å². The Labute approximate surface area is 165 Å². The third kappa shape index (κ3) is 5.26. The van der Waals surface area contributed by atoms with Gasteiger partial charge in [0.15, 0.2) is 0 Å². The molecule has 0 saturated heterocycles. The van der Waals surface area contributed by atoms with E-state index >= 15 is 0 Å². The van der Waals surface area contributed by atoms with Gasteiger partial charge < -0.3 is 22.1 Å². The van der Waals surface area contributed by atoms with Gasteiger partial charge in [0.05, 0.1) is 11.4 Å². The lowest BCUT2D eigenvalue weighted by molar-refractivity contribution is 0.402. The fourth-order valence-corrected chi connectivity index (χ4v) is 2.92. The summed E-state index contributed by atoms with van der Waals surface area (Å²) in [5.74, 6) is 0. The molecule has 0 fully saturated rings. The van der Waals surface area contributed by atoms with E-state index in [9.17, 15) is 0 Å². The summed E-state index contributed by atoms with van der Waals surface area (Å²) in [4.78, 5) is 2.10. The van der Waals surface area contributed by atoms with Crippen molar-refractivity contribution in [2.45, 2.75) is 6.54 Å². The molecule has 0 aliphatic carbocycles. The van der Waals surface area contributed by atoms with Crippen LogP contribution >= 0.6 is 12.2 Å². The number of hydrogen-bond acceptors (Lipinski definition) is 6. The van der Waals surface area contributed by atoms with Crippen LogP contribution in [0.1, 0.15) is 22.3 Å². The Kier molecular flexibility index (Phi) is 6.87. The quantitative estimate of drug-likeness (QED) is 0.256. The van der Waals surface area contributed by atoms with Gasteiger partial charge in [-0.05, 0) is 49.0 Å². The number of thiocarbonyl (C=S) groups is 1. The molecule has 0 amide bonds. The molecule has 0 saturated carbocycles. The predicted octanol–water partition coefficient (Wildman–Crippen LogP) is 3.00. The molecule has 2 rings (SSSR count). The number of nitrogens with one attached hydrogen (secondary N) is 1. The zero-order chi connectivity index (χ0) is 20.0. The third-order valence-electron chi connectivity index (χ3n) is 4.02. The van der Waals surface area contributed by atoms with Crippen molar-refractivity contribution >= 4 is 40.6 Å². The first-order valence-electron chi connectivity index (χ1n) is 8.42. The van der Waals surface area contributed by atoms with Gasteiger partial charge in [-0.15, -0.1) is 0 Å². The second-order valence-corrected chi connectivity index (χ2v) is 6.74. The Balaban J connectivity index is 2.36. The number of hydrogen-bond donors (Lipinski definition) is 4. The van der Waals surface area contributed by atoms with E-state index in [-0.39, 0.29) is 5.71 Å². The van der Waals surface area contributed by atoms with Gasteiger partial charge in [-0.2, -0.15) is 0 Å². The van der Waals surface area contributed by atoms with E-state index in [4.69, 9.17) is 34.8 Å². The van der Waals surface area contributed by atoms with Crippen LogP contribution in [-0.4, -0.2) is 30.1 Å². The first-order valence-corrected chi connectivity index (χ1v) is 8.90.